The van der Waals surface area contributed by atoms with Gasteiger partial charge >= 0.3 is 5.97 Å². The second-order valence-corrected chi connectivity index (χ2v) is 18.7. The number of aliphatic hydroxyl groups excluding tert-OH is 1. The van der Waals surface area contributed by atoms with Gasteiger partial charge in [-0.2, -0.15) is 0 Å². The van der Waals surface area contributed by atoms with Crippen LogP contribution in [-0.2, 0) is 9.53 Å². The molecule has 1 aromatic heterocycles. The van der Waals surface area contributed by atoms with Gasteiger partial charge in [-0.3, -0.25) is 19.5 Å². The lowest BCUT2D eigenvalue weighted by Gasteiger charge is -2.71. The maximum absolute atomic E-state index is 14.5. The molecule has 5 fully saturated rings. The van der Waals surface area contributed by atoms with Crippen molar-refractivity contribution in [2.24, 2.45) is 56.7 Å². The Morgan fingerprint density at radius 2 is 1.69 bits per heavy atom. The molecule has 0 bridgehead atoms. The molecular weight excluding hydrogens is 610 g/mol. The summed E-state index contributed by atoms with van der Waals surface area (Å²) in [6, 6.07) is 3.63. The summed E-state index contributed by atoms with van der Waals surface area (Å²) in [7, 11) is 0. The van der Waals surface area contributed by atoms with Crippen LogP contribution in [0.15, 0.2) is 36.2 Å². The van der Waals surface area contributed by atoms with Crippen LogP contribution in [0, 0.1) is 56.7 Å². The standard InChI is InChI=1S/C42H63N3O4/c1-28-12-17-42(37(48)49-26-25-44-21-23-45(24-22-44)36(47)30-9-8-20-43-27-30)19-18-40(6)31(35(42)29(28)2)10-11-33-39(5)15-14-34(46)38(3,4)32(39)13-16-41(33,40)7/h8-10,20,27-29,32-35,46H,11-19,21-26H2,1-7H3/t28-,29+,32+,33-,34+,35+,39+,40-,41-,42+/m1/s1. The number of carbonyl (C=O) groups is 2. The summed E-state index contributed by atoms with van der Waals surface area (Å²) in [6.45, 7) is 21.3. The first kappa shape index (κ1) is 35.2. The average molecular weight is 674 g/mol. The van der Waals surface area contributed by atoms with Crippen LogP contribution < -0.4 is 0 Å². The van der Waals surface area contributed by atoms with Crippen molar-refractivity contribution in [2.75, 3.05) is 39.3 Å². The number of fused-ring (bicyclic) bond motifs is 7. The normalized spacial score (nSPS) is 43.3. The minimum absolute atomic E-state index is 0.0370. The van der Waals surface area contributed by atoms with E-state index in [1.807, 2.05) is 11.0 Å². The zero-order chi connectivity index (χ0) is 35.0. The predicted octanol–water partition coefficient (Wildman–Crippen LogP) is 7.40. The minimum atomic E-state index is -0.437. The molecular formula is C42H63N3O4. The van der Waals surface area contributed by atoms with Crippen LogP contribution in [0.3, 0.4) is 0 Å². The van der Waals surface area contributed by atoms with Gasteiger partial charge in [0.15, 0.2) is 0 Å². The Labute approximate surface area is 295 Å². The maximum atomic E-state index is 14.5. The van der Waals surface area contributed by atoms with Crippen molar-refractivity contribution in [3.63, 3.8) is 0 Å². The number of ether oxygens (including phenoxy) is 1. The van der Waals surface area contributed by atoms with Crippen molar-refractivity contribution >= 4 is 11.9 Å². The van der Waals surface area contributed by atoms with E-state index < -0.39 is 5.41 Å². The lowest BCUT2D eigenvalue weighted by atomic mass is 9.33. The predicted molar refractivity (Wildman–Crippen MR) is 193 cm³/mol. The van der Waals surface area contributed by atoms with Gasteiger partial charge in [0.05, 0.1) is 17.1 Å². The summed E-state index contributed by atoms with van der Waals surface area (Å²) >= 11 is 0. The van der Waals surface area contributed by atoms with Crippen molar-refractivity contribution < 1.29 is 19.4 Å². The van der Waals surface area contributed by atoms with Gasteiger partial charge in [-0.15, -0.1) is 0 Å². The Bertz CT molecular complexity index is 1450. The highest BCUT2D eigenvalue weighted by Crippen LogP contribution is 2.75. The fraction of sp³-hybridized carbons (Fsp3) is 0.786. The zero-order valence-electron chi connectivity index (χ0n) is 31.5. The number of aromatic nitrogens is 1. The highest BCUT2D eigenvalue weighted by Gasteiger charge is 2.69. The second kappa shape index (κ2) is 12.5. The van der Waals surface area contributed by atoms with E-state index in [0.29, 0.717) is 55.5 Å². The minimum Gasteiger partial charge on any atom is -0.464 e. The number of rotatable bonds is 5. The van der Waals surface area contributed by atoms with Crippen molar-refractivity contribution in [3.05, 3.63) is 41.7 Å². The zero-order valence-corrected chi connectivity index (χ0v) is 31.5. The van der Waals surface area contributed by atoms with Crippen LogP contribution in [0.1, 0.15) is 117 Å². The molecule has 6 aliphatic rings. The van der Waals surface area contributed by atoms with Gasteiger partial charge in [0.1, 0.15) is 6.61 Å². The fourth-order valence-electron chi connectivity index (χ4n) is 13.1. The van der Waals surface area contributed by atoms with E-state index in [0.717, 1.165) is 58.0 Å². The van der Waals surface area contributed by atoms with E-state index in [9.17, 15) is 14.7 Å². The SMILES string of the molecule is C[C@H]1[C@H](C)CC[C@]2(C(=O)OCCN3CCN(C(=O)c4cccnc4)CC3)CC[C@]3(C)C(=CC[C@@H]4[C@@]5(C)CC[C@H](O)C(C)(C)[C@@H]5CC[C@]43C)[C@H]12. The van der Waals surface area contributed by atoms with Gasteiger partial charge in [0.2, 0.25) is 0 Å². The number of esters is 1. The van der Waals surface area contributed by atoms with Gasteiger partial charge in [0.25, 0.3) is 5.91 Å². The van der Waals surface area contributed by atoms with Gasteiger partial charge < -0.3 is 14.7 Å². The molecule has 5 aliphatic carbocycles. The smallest absolute Gasteiger partial charge is 0.312 e. The third kappa shape index (κ3) is 5.28. The third-order valence-corrected chi connectivity index (χ3v) is 16.6. The number of piperazine rings is 1. The largest absolute Gasteiger partial charge is 0.464 e. The number of hydrogen-bond acceptors (Lipinski definition) is 6. The molecule has 0 aromatic carbocycles. The number of amides is 1. The van der Waals surface area contributed by atoms with Gasteiger partial charge in [0, 0.05) is 45.1 Å². The summed E-state index contributed by atoms with van der Waals surface area (Å²) in [5, 5.41) is 11.1. The lowest BCUT2D eigenvalue weighted by molar-refractivity contribution is -0.207. The van der Waals surface area contributed by atoms with Crippen molar-refractivity contribution in [2.45, 2.75) is 112 Å². The molecule has 4 saturated carbocycles. The number of hydrogen-bond donors (Lipinski definition) is 1. The monoisotopic (exact) mass is 673 g/mol. The molecule has 10 atom stereocenters. The molecule has 1 N–H and O–H groups in total. The molecule has 1 amide bonds. The molecule has 270 valence electrons. The molecule has 1 saturated heterocycles. The Morgan fingerprint density at radius 3 is 2.41 bits per heavy atom. The molecule has 0 radical (unpaired) electrons. The van der Waals surface area contributed by atoms with Crippen molar-refractivity contribution in [1.29, 1.82) is 0 Å². The molecule has 2 heterocycles. The fourth-order valence-corrected chi connectivity index (χ4v) is 13.1. The molecule has 1 aromatic rings. The number of carbonyl (C=O) groups excluding carboxylic acids is 2. The summed E-state index contributed by atoms with van der Waals surface area (Å²) < 4.78 is 6.32. The topological polar surface area (TPSA) is 83.0 Å². The molecule has 7 nitrogen and oxygen atoms in total. The Balaban J connectivity index is 1.06. The van der Waals surface area contributed by atoms with E-state index in [2.05, 4.69) is 64.4 Å². The number of nitrogens with zero attached hydrogens (tertiary/aromatic N) is 3. The second-order valence-electron chi connectivity index (χ2n) is 18.7. The van der Waals surface area contributed by atoms with Crippen LogP contribution in [0.5, 0.6) is 0 Å². The van der Waals surface area contributed by atoms with Crippen LogP contribution in [0.25, 0.3) is 0 Å². The van der Waals surface area contributed by atoms with Crippen LogP contribution >= 0.6 is 0 Å². The molecule has 1 aliphatic heterocycles. The van der Waals surface area contributed by atoms with E-state index in [4.69, 9.17) is 4.74 Å². The van der Waals surface area contributed by atoms with E-state index in [1.165, 1.54) is 12.8 Å². The molecule has 7 rings (SSSR count). The van der Waals surface area contributed by atoms with Crippen LogP contribution in [0.2, 0.25) is 0 Å². The van der Waals surface area contributed by atoms with E-state index in [1.54, 1.807) is 24.0 Å². The Hall–Kier alpha value is -2.25. The number of aliphatic hydroxyl groups is 1. The third-order valence-electron chi connectivity index (χ3n) is 16.6. The summed E-state index contributed by atoms with van der Waals surface area (Å²) in [6.07, 6.45) is 15.3. The van der Waals surface area contributed by atoms with Gasteiger partial charge in [-0.1, -0.05) is 60.1 Å². The average Bonchev–Trinajstić information content (AvgIpc) is 3.09. The number of pyridine rings is 1. The maximum Gasteiger partial charge on any atom is 0.312 e. The first-order valence-electron chi connectivity index (χ1n) is 19.7. The number of allylic oxidation sites excluding steroid dienone is 2. The van der Waals surface area contributed by atoms with Crippen LogP contribution in [-0.4, -0.2) is 77.2 Å². The van der Waals surface area contributed by atoms with Crippen molar-refractivity contribution in [1.82, 2.24) is 14.8 Å². The van der Waals surface area contributed by atoms with Crippen LogP contribution in [0.4, 0.5) is 0 Å². The summed E-state index contributed by atoms with van der Waals surface area (Å²) in [5.41, 5.74) is 2.19. The Morgan fingerprint density at radius 1 is 0.939 bits per heavy atom. The lowest BCUT2D eigenvalue weighted by Crippen LogP contribution is -2.65. The molecule has 7 heteroatoms. The van der Waals surface area contributed by atoms with Gasteiger partial charge in [-0.25, -0.2) is 0 Å². The Kier molecular flexibility index (Phi) is 8.94. The summed E-state index contributed by atoms with van der Waals surface area (Å²) in [4.78, 5) is 35.7. The first-order valence-corrected chi connectivity index (χ1v) is 19.7. The highest BCUT2D eigenvalue weighted by atomic mass is 16.5. The first-order chi connectivity index (χ1) is 23.2. The van der Waals surface area contributed by atoms with Gasteiger partial charge in [-0.05, 0) is 121 Å². The van der Waals surface area contributed by atoms with Crippen molar-refractivity contribution in [3.8, 4) is 0 Å². The molecule has 0 unspecified atom stereocenters. The quantitative estimate of drug-likeness (QED) is 0.259. The molecule has 0 spiro atoms. The highest BCUT2D eigenvalue weighted by molar-refractivity contribution is 5.93. The molecule has 49 heavy (non-hydrogen) atoms. The summed E-state index contributed by atoms with van der Waals surface area (Å²) in [5.74, 6) is 2.46. The van der Waals surface area contributed by atoms with E-state index in [-0.39, 0.29) is 45.6 Å². The van der Waals surface area contributed by atoms with E-state index >= 15 is 0 Å².